The largest absolute Gasteiger partial charge is 0.393 e. The van der Waals surface area contributed by atoms with Gasteiger partial charge in [-0.2, -0.15) is 0 Å². The van der Waals surface area contributed by atoms with Gasteiger partial charge in [0.25, 0.3) is 5.91 Å². The summed E-state index contributed by atoms with van der Waals surface area (Å²) >= 11 is 1.16. The summed E-state index contributed by atoms with van der Waals surface area (Å²) in [6.07, 6.45) is 1.04. The van der Waals surface area contributed by atoms with Crippen LogP contribution in [0.5, 0.6) is 0 Å². The number of rotatable bonds is 1. The third kappa shape index (κ3) is 2.70. The molecule has 1 fully saturated rings. The first-order valence-corrected chi connectivity index (χ1v) is 6.97. The smallest absolute Gasteiger partial charge is 0.267 e. The number of piperidine rings is 1. The molecule has 1 amide bonds. The van der Waals surface area contributed by atoms with Crippen LogP contribution >= 0.6 is 11.5 Å². The predicted molar refractivity (Wildman–Crippen MR) is 69.8 cm³/mol. The second-order valence-electron chi connectivity index (χ2n) is 5.72. The van der Waals surface area contributed by atoms with Gasteiger partial charge in [-0.15, -0.1) is 5.10 Å². The van der Waals surface area contributed by atoms with Crippen LogP contribution in [0, 0.1) is 0 Å². The highest BCUT2D eigenvalue weighted by molar-refractivity contribution is 7.08. The second kappa shape index (κ2) is 4.93. The molecule has 0 atom stereocenters. The molecule has 0 aromatic carbocycles. The molecule has 0 saturated carbocycles. The summed E-state index contributed by atoms with van der Waals surface area (Å²) in [5, 5.41) is 13.6. The average Bonchev–Trinajstić information content (AvgIpc) is 2.77. The highest BCUT2D eigenvalue weighted by atomic mass is 32.1. The Bertz CT molecular complexity index is 431. The number of likely N-dealkylation sites (tertiary alicyclic amines) is 1. The fraction of sp³-hybridized carbons (Fsp3) is 0.750. The summed E-state index contributed by atoms with van der Waals surface area (Å²) in [5.74, 6) is 0.00169. The molecule has 2 rings (SSSR count). The monoisotopic (exact) mass is 269 g/mol. The number of carbonyl (C=O) groups is 1. The van der Waals surface area contributed by atoms with Gasteiger partial charge in [-0.1, -0.05) is 25.3 Å². The Morgan fingerprint density at radius 1 is 1.39 bits per heavy atom. The summed E-state index contributed by atoms with van der Waals surface area (Å²) in [4.78, 5) is 14.8. The minimum atomic E-state index is -0.268. The SMILES string of the molecule is CC(C)(C)c1nnsc1C(=O)N1CCC(O)CC1. The van der Waals surface area contributed by atoms with E-state index >= 15 is 0 Å². The van der Waals surface area contributed by atoms with Gasteiger partial charge in [-0.05, 0) is 24.4 Å². The Kier molecular flexibility index (Phi) is 3.68. The lowest BCUT2D eigenvalue weighted by atomic mass is 9.91. The normalized spacial score (nSPS) is 18.1. The number of aliphatic hydroxyl groups excluding tert-OH is 1. The van der Waals surface area contributed by atoms with E-state index in [1.54, 1.807) is 4.90 Å². The Labute approximate surface area is 111 Å². The van der Waals surface area contributed by atoms with Gasteiger partial charge >= 0.3 is 0 Å². The van der Waals surface area contributed by atoms with Crippen LogP contribution in [0.25, 0.3) is 0 Å². The van der Waals surface area contributed by atoms with E-state index in [4.69, 9.17) is 0 Å². The third-order valence-electron chi connectivity index (χ3n) is 3.14. The van der Waals surface area contributed by atoms with E-state index < -0.39 is 0 Å². The van der Waals surface area contributed by atoms with Crippen molar-refractivity contribution in [3.63, 3.8) is 0 Å². The molecule has 0 spiro atoms. The van der Waals surface area contributed by atoms with Crippen molar-refractivity contribution < 1.29 is 9.90 Å². The number of aromatic nitrogens is 2. The number of amides is 1. The molecule has 18 heavy (non-hydrogen) atoms. The van der Waals surface area contributed by atoms with Gasteiger partial charge in [-0.3, -0.25) is 4.79 Å². The van der Waals surface area contributed by atoms with Gasteiger partial charge in [0, 0.05) is 18.5 Å². The number of hydrogen-bond acceptors (Lipinski definition) is 5. The minimum Gasteiger partial charge on any atom is -0.393 e. The maximum atomic E-state index is 12.4. The van der Waals surface area contributed by atoms with E-state index in [0.29, 0.717) is 30.8 Å². The van der Waals surface area contributed by atoms with Crippen molar-refractivity contribution in [1.82, 2.24) is 14.5 Å². The molecular weight excluding hydrogens is 250 g/mol. The Hall–Kier alpha value is -1.01. The van der Waals surface area contributed by atoms with Crippen LogP contribution in [-0.2, 0) is 5.41 Å². The van der Waals surface area contributed by atoms with Gasteiger partial charge in [0.2, 0.25) is 0 Å². The molecule has 6 heteroatoms. The minimum absolute atomic E-state index is 0.00169. The summed E-state index contributed by atoms with van der Waals surface area (Å²) < 4.78 is 3.91. The predicted octanol–water partition coefficient (Wildman–Crippen LogP) is 1.43. The molecule has 1 saturated heterocycles. The van der Waals surface area contributed by atoms with E-state index in [1.807, 2.05) is 20.8 Å². The molecule has 0 aliphatic carbocycles. The van der Waals surface area contributed by atoms with Crippen LogP contribution < -0.4 is 0 Å². The number of nitrogens with zero attached hydrogens (tertiary/aromatic N) is 3. The standard InChI is InChI=1S/C12H19N3O2S/c1-12(2,3)10-9(18-14-13-10)11(17)15-6-4-8(16)5-7-15/h8,16H,4-7H2,1-3H3. The van der Waals surface area contributed by atoms with Crippen LogP contribution in [0.15, 0.2) is 0 Å². The average molecular weight is 269 g/mol. The zero-order valence-electron chi connectivity index (χ0n) is 11.0. The van der Waals surface area contributed by atoms with Crippen molar-refractivity contribution in [3.8, 4) is 0 Å². The summed E-state index contributed by atoms with van der Waals surface area (Å²) in [6.45, 7) is 7.31. The molecule has 100 valence electrons. The topological polar surface area (TPSA) is 66.3 Å². The zero-order valence-corrected chi connectivity index (χ0v) is 11.8. The summed E-state index contributed by atoms with van der Waals surface area (Å²) in [7, 11) is 0. The molecule has 0 bridgehead atoms. The van der Waals surface area contributed by atoms with Crippen molar-refractivity contribution in [2.45, 2.75) is 45.1 Å². The molecule has 0 radical (unpaired) electrons. The molecule has 1 aromatic rings. The van der Waals surface area contributed by atoms with Crippen molar-refractivity contribution in [1.29, 1.82) is 0 Å². The van der Waals surface area contributed by atoms with Crippen LogP contribution in [0.4, 0.5) is 0 Å². The Balaban J connectivity index is 2.17. The molecule has 2 heterocycles. The van der Waals surface area contributed by atoms with Gasteiger partial charge in [-0.25, -0.2) is 0 Å². The molecular formula is C12H19N3O2S. The van der Waals surface area contributed by atoms with Crippen LogP contribution in [0.3, 0.4) is 0 Å². The first-order valence-electron chi connectivity index (χ1n) is 6.20. The first kappa shape index (κ1) is 13.4. The third-order valence-corrected chi connectivity index (χ3v) is 3.86. The molecule has 1 aliphatic rings. The van der Waals surface area contributed by atoms with E-state index in [9.17, 15) is 9.90 Å². The van der Waals surface area contributed by atoms with Gasteiger partial charge in [0.1, 0.15) is 4.88 Å². The van der Waals surface area contributed by atoms with E-state index in [0.717, 1.165) is 17.2 Å². The van der Waals surface area contributed by atoms with Crippen LogP contribution in [0.1, 0.15) is 49.0 Å². The Morgan fingerprint density at radius 2 is 2.00 bits per heavy atom. The number of aliphatic hydroxyl groups is 1. The number of carbonyl (C=O) groups excluding carboxylic acids is 1. The quantitative estimate of drug-likeness (QED) is 0.837. The van der Waals surface area contributed by atoms with Crippen molar-refractivity contribution in [2.75, 3.05) is 13.1 Å². The molecule has 5 nitrogen and oxygen atoms in total. The Morgan fingerprint density at radius 3 is 2.56 bits per heavy atom. The van der Waals surface area contributed by atoms with Gasteiger partial charge in [0.15, 0.2) is 0 Å². The molecule has 1 N–H and O–H groups in total. The van der Waals surface area contributed by atoms with E-state index in [1.165, 1.54) is 0 Å². The molecule has 0 unspecified atom stereocenters. The first-order chi connectivity index (χ1) is 8.39. The molecule has 1 aliphatic heterocycles. The van der Waals surface area contributed by atoms with E-state index in [2.05, 4.69) is 9.59 Å². The maximum absolute atomic E-state index is 12.4. The lowest BCUT2D eigenvalue weighted by Crippen LogP contribution is -2.40. The second-order valence-corrected chi connectivity index (χ2v) is 6.48. The lowest BCUT2D eigenvalue weighted by molar-refractivity contribution is 0.0548. The van der Waals surface area contributed by atoms with Crippen molar-refractivity contribution in [2.24, 2.45) is 0 Å². The summed E-state index contributed by atoms with van der Waals surface area (Å²) in [6, 6.07) is 0. The van der Waals surface area contributed by atoms with Crippen LogP contribution in [-0.4, -0.2) is 44.7 Å². The van der Waals surface area contributed by atoms with Gasteiger partial charge in [0.05, 0.1) is 11.8 Å². The van der Waals surface area contributed by atoms with Crippen molar-refractivity contribution >= 4 is 17.4 Å². The summed E-state index contributed by atoms with van der Waals surface area (Å²) in [5.41, 5.74) is 0.594. The van der Waals surface area contributed by atoms with E-state index in [-0.39, 0.29) is 17.4 Å². The van der Waals surface area contributed by atoms with Crippen molar-refractivity contribution in [3.05, 3.63) is 10.6 Å². The van der Waals surface area contributed by atoms with Gasteiger partial charge < -0.3 is 10.0 Å². The van der Waals surface area contributed by atoms with Crippen LogP contribution in [0.2, 0.25) is 0 Å². The fourth-order valence-corrected chi connectivity index (χ4v) is 2.88. The zero-order chi connectivity index (χ0) is 13.3. The maximum Gasteiger partial charge on any atom is 0.267 e. The molecule has 1 aromatic heterocycles. The fourth-order valence-electron chi connectivity index (χ4n) is 2.03. The highest BCUT2D eigenvalue weighted by Gasteiger charge is 2.30. The lowest BCUT2D eigenvalue weighted by Gasteiger charge is -2.29. The number of hydrogen-bond donors (Lipinski definition) is 1. The highest BCUT2D eigenvalue weighted by Crippen LogP contribution is 2.27.